The average Bonchev–Trinajstić information content (AvgIpc) is 2.90. The molecule has 240 valence electrons. The van der Waals surface area contributed by atoms with Crippen LogP contribution in [0.3, 0.4) is 0 Å². The Bertz CT molecular complexity index is 517. The van der Waals surface area contributed by atoms with E-state index in [9.17, 15) is 4.79 Å². The molecule has 13 nitrogen and oxygen atoms in total. The van der Waals surface area contributed by atoms with Gasteiger partial charge in [0.15, 0.2) is 0 Å². The highest BCUT2D eigenvalue weighted by Crippen LogP contribution is 2.08. The molecule has 0 fully saturated rings. The molecule has 0 atom stereocenters. The molecule has 0 aromatic heterocycles. The molecule has 0 saturated carbocycles. The Morgan fingerprint density at radius 2 is 0.650 bits per heavy atom. The molecule has 0 saturated heterocycles. The largest absolute Gasteiger partial charge is 0.460 e. The van der Waals surface area contributed by atoms with E-state index in [0.29, 0.717) is 132 Å². The molecule has 0 bridgehead atoms. The Balaban J connectivity index is 3.09. The molecule has 13 heteroatoms. The van der Waals surface area contributed by atoms with Crippen molar-refractivity contribution < 1.29 is 62.0 Å². The van der Waals surface area contributed by atoms with Gasteiger partial charge in [-0.1, -0.05) is 0 Å². The first-order valence-corrected chi connectivity index (χ1v) is 14.1. The zero-order valence-corrected chi connectivity index (χ0v) is 24.9. The molecule has 0 aliphatic rings. The summed E-state index contributed by atoms with van der Waals surface area (Å²) in [6.45, 7) is 14.9. The number of aliphatic hydroxyl groups is 1. The average molecular weight is 587 g/mol. The lowest BCUT2D eigenvalue weighted by Crippen LogP contribution is -2.24. The van der Waals surface area contributed by atoms with Gasteiger partial charge in [0.2, 0.25) is 0 Å². The lowest BCUT2D eigenvalue weighted by molar-refractivity contribution is -0.156. The Labute approximate surface area is 239 Å². The summed E-state index contributed by atoms with van der Waals surface area (Å²) in [6, 6.07) is 0. The van der Waals surface area contributed by atoms with E-state index in [-0.39, 0.29) is 19.0 Å². The van der Waals surface area contributed by atoms with Crippen LogP contribution in [0.5, 0.6) is 0 Å². The second-order valence-corrected chi connectivity index (χ2v) is 9.18. The summed E-state index contributed by atoms with van der Waals surface area (Å²) in [6.07, 6.45) is 0.232. The topological polar surface area (TPSA) is 139 Å². The van der Waals surface area contributed by atoms with Crippen molar-refractivity contribution in [1.29, 1.82) is 0 Å². The van der Waals surface area contributed by atoms with Crippen LogP contribution in [0.4, 0.5) is 0 Å². The first-order chi connectivity index (χ1) is 19.5. The summed E-state index contributed by atoms with van der Waals surface area (Å²) < 4.78 is 58.9. The van der Waals surface area contributed by atoms with Crippen molar-refractivity contribution in [2.75, 3.05) is 139 Å². The molecule has 0 heterocycles. The van der Waals surface area contributed by atoms with Crippen molar-refractivity contribution in [2.24, 2.45) is 0 Å². The molecule has 1 N–H and O–H groups in total. The maximum Gasteiger partial charge on any atom is 0.308 e. The molecule has 0 aromatic rings. The summed E-state index contributed by atoms with van der Waals surface area (Å²) in [5.41, 5.74) is -0.472. The van der Waals surface area contributed by atoms with Crippen LogP contribution in [0.1, 0.15) is 27.2 Å². The Morgan fingerprint density at radius 3 is 0.875 bits per heavy atom. The Kier molecular flexibility index (Phi) is 30.2. The maximum absolute atomic E-state index is 11.5. The van der Waals surface area contributed by atoms with Gasteiger partial charge in [0.05, 0.1) is 145 Å². The quantitative estimate of drug-likeness (QED) is 0.0882. The lowest BCUT2D eigenvalue weighted by Gasteiger charge is -2.19. The number of carbonyl (C=O) groups is 1. The fraction of sp³-hybridized carbons (Fsp3) is 0.963. The smallest absolute Gasteiger partial charge is 0.308 e. The number of hydrogen-bond donors (Lipinski definition) is 1. The third-order valence-electron chi connectivity index (χ3n) is 4.45. The van der Waals surface area contributed by atoms with Crippen molar-refractivity contribution >= 4 is 5.97 Å². The van der Waals surface area contributed by atoms with E-state index in [0.717, 1.165) is 0 Å². The third-order valence-corrected chi connectivity index (χ3v) is 4.45. The fourth-order valence-corrected chi connectivity index (χ4v) is 2.69. The van der Waals surface area contributed by atoms with E-state index in [2.05, 4.69) is 0 Å². The van der Waals surface area contributed by atoms with Gasteiger partial charge in [-0.3, -0.25) is 4.79 Å². The van der Waals surface area contributed by atoms with E-state index in [4.69, 9.17) is 57.2 Å². The van der Waals surface area contributed by atoms with Crippen LogP contribution in [0.2, 0.25) is 0 Å². The van der Waals surface area contributed by atoms with Crippen molar-refractivity contribution in [3.05, 3.63) is 0 Å². The van der Waals surface area contributed by atoms with Crippen molar-refractivity contribution in [3.63, 3.8) is 0 Å². The van der Waals surface area contributed by atoms with E-state index < -0.39 is 5.60 Å². The van der Waals surface area contributed by atoms with Crippen LogP contribution in [-0.2, 0) is 56.9 Å². The zero-order valence-electron chi connectivity index (χ0n) is 24.9. The molecule has 0 aliphatic carbocycles. The van der Waals surface area contributed by atoms with Gasteiger partial charge in [-0.25, -0.2) is 0 Å². The first-order valence-electron chi connectivity index (χ1n) is 14.1. The minimum absolute atomic E-state index is 0.0230. The SMILES string of the molecule is CC(C)(C)OC(=O)CCOCCOCCOCCOCCOCCOCCOCCOCCOCCOCCO. The monoisotopic (exact) mass is 586 g/mol. The standard InChI is InChI=1S/C27H54O13/c1-27(2,3)40-26(29)4-6-30-8-10-32-12-14-34-16-18-36-20-22-38-24-25-39-23-21-37-19-17-35-15-13-33-11-9-31-7-5-28/h28H,4-25H2,1-3H3. The molecule has 0 spiro atoms. The summed E-state index contributed by atoms with van der Waals surface area (Å²) in [5, 5.41) is 8.56. The number of rotatable bonds is 32. The molecular weight excluding hydrogens is 532 g/mol. The molecule has 0 unspecified atom stereocenters. The van der Waals surface area contributed by atoms with Crippen LogP contribution >= 0.6 is 0 Å². The lowest BCUT2D eigenvalue weighted by atomic mass is 10.2. The van der Waals surface area contributed by atoms with E-state index in [1.165, 1.54) is 0 Å². The number of esters is 1. The first kappa shape index (κ1) is 39.0. The van der Waals surface area contributed by atoms with Crippen molar-refractivity contribution in [2.45, 2.75) is 32.8 Å². The van der Waals surface area contributed by atoms with Gasteiger partial charge < -0.3 is 57.2 Å². The van der Waals surface area contributed by atoms with E-state index >= 15 is 0 Å². The predicted octanol–water partition coefficient (Wildman–Crippen LogP) is 0.877. The van der Waals surface area contributed by atoms with Crippen LogP contribution in [0.15, 0.2) is 0 Å². The van der Waals surface area contributed by atoms with E-state index in [1.807, 2.05) is 20.8 Å². The number of ether oxygens (including phenoxy) is 11. The summed E-state index contributed by atoms with van der Waals surface area (Å²) in [5.74, 6) is -0.265. The van der Waals surface area contributed by atoms with Crippen molar-refractivity contribution in [1.82, 2.24) is 0 Å². The highest BCUT2D eigenvalue weighted by atomic mass is 16.6. The van der Waals surface area contributed by atoms with Gasteiger partial charge in [-0.15, -0.1) is 0 Å². The summed E-state index contributed by atoms with van der Waals surface area (Å²) >= 11 is 0. The highest BCUT2D eigenvalue weighted by Gasteiger charge is 2.15. The van der Waals surface area contributed by atoms with Crippen molar-refractivity contribution in [3.8, 4) is 0 Å². The Hall–Kier alpha value is -0.970. The molecule has 0 aliphatic heterocycles. The maximum atomic E-state index is 11.5. The van der Waals surface area contributed by atoms with E-state index in [1.54, 1.807) is 0 Å². The second-order valence-electron chi connectivity index (χ2n) is 9.18. The normalized spacial score (nSPS) is 11.8. The second kappa shape index (κ2) is 31.0. The zero-order chi connectivity index (χ0) is 29.4. The predicted molar refractivity (Wildman–Crippen MR) is 146 cm³/mol. The van der Waals surface area contributed by atoms with Gasteiger partial charge in [0, 0.05) is 0 Å². The van der Waals surface area contributed by atoms with Crippen LogP contribution in [0, 0.1) is 0 Å². The minimum atomic E-state index is -0.472. The fourth-order valence-electron chi connectivity index (χ4n) is 2.69. The number of hydrogen-bond acceptors (Lipinski definition) is 13. The molecule has 0 aromatic carbocycles. The van der Waals surface area contributed by atoms with Crippen LogP contribution in [0.25, 0.3) is 0 Å². The third kappa shape index (κ3) is 35.1. The summed E-state index contributed by atoms with van der Waals surface area (Å²) in [4.78, 5) is 11.5. The van der Waals surface area contributed by atoms with Crippen LogP contribution in [-0.4, -0.2) is 155 Å². The molecule has 0 radical (unpaired) electrons. The summed E-state index contributed by atoms with van der Waals surface area (Å²) in [7, 11) is 0. The highest BCUT2D eigenvalue weighted by molar-refractivity contribution is 5.69. The van der Waals surface area contributed by atoms with Gasteiger partial charge in [0.1, 0.15) is 5.60 Å². The minimum Gasteiger partial charge on any atom is -0.460 e. The molecule has 0 rings (SSSR count). The Morgan fingerprint density at radius 1 is 0.425 bits per heavy atom. The van der Waals surface area contributed by atoms with Gasteiger partial charge in [-0.05, 0) is 20.8 Å². The van der Waals surface area contributed by atoms with Crippen LogP contribution < -0.4 is 0 Å². The van der Waals surface area contributed by atoms with Gasteiger partial charge >= 0.3 is 5.97 Å². The number of carbonyl (C=O) groups excluding carboxylic acids is 1. The van der Waals surface area contributed by atoms with Gasteiger partial charge in [-0.2, -0.15) is 0 Å². The van der Waals surface area contributed by atoms with Gasteiger partial charge in [0.25, 0.3) is 0 Å². The molecule has 0 amide bonds. The molecular formula is C27H54O13. The number of aliphatic hydroxyl groups excluding tert-OH is 1. The molecule has 40 heavy (non-hydrogen) atoms.